The second-order valence-corrected chi connectivity index (χ2v) is 6.87. The maximum Gasteiger partial charge on any atom is 0.228 e. The quantitative estimate of drug-likeness (QED) is 0.837. The number of hydrogen-bond acceptors (Lipinski definition) is 4. The van der Waals surface area contributed by atoms with Crippen LogP contribution in [0.3, 0.4) is 0 Å². The van der Waals surface area contributed by atoms with Crippen molar-refractivity contribution in [3.8, 4) is 11.5 Å². The van der Waals surface area contributed by atoms with E-state index in [1.54, 1.807) is 0 Å². The van der Waals surface area contributed by atoms with E-state index in [0.29, 0.717) is 13.2 Å². The Hall–Kier alpha value is -2.53. The molecule has 2 aromatic carbocycles. The molecule has 2 atom stereocenters. The summed E-state index contributed by atoms with van der Waals surface area (Å²) in [5, 5.41) is 12.0. The Labute approximate surface area is 152 Å². The average molecular weight is 353 g/mol. The van der Waals surface area contributed by atoms with E-state index in [0.717, 1.165) is 47.6 Å². The van der Waals surface area contributed by atoms with Crippen LogP contribution >= 0.6 is 0 Å². The van der Waals surface area contributed by atoms with E-state index in [2.05, 4.69) is 5.32 Å². The molecule has 5 nitrogen and oxygen atoms in total. The van der Waals surface area contributed by atoms with Gasteiger partial charge >= 0.3 is 0 Å². The van der Waals surface area contributed by atoms with Crippen molar-refractivity contribution < 1.29 is 19.4 Å². The molecule has 0 unspecified atom stereocenters. The summed E-state index contributed by atoms with van der Waals surface area (Å²) in [6, 6.07) is 13.8. The van der Waals surface area contributed by atoms with Crippen molar-refractivity contribution in [3.63, 3.8) is 0 Å². The lowest BCUT2D eigenvalue weighted by molar-refractivity contribution is -0.117. The van der Waals surface area contributed by atoms with Crippen LogP contribution in [0.1, 0.15) is 29.9 Å². The van der Waals surface area contributed by atoms with Gasteiger partial charge in [0.05, 0.1) is 0 Å². The lowest BCUT2D eigenvalue weighted by atomic mass is 10.1. The van der Waals surface area contributed by atoms with Crippen molar-refractivity contribution in [1.82, 2.24) is 0 Å². The van der Waals surface area contributed by atoms with E-state index in [1.807, 2.05) is 42.5 Å². The molecule has 2 aromatic rings. The summed E-state index contributed by atoms with van der Waals surface area (Å²) in [5.74, 6) is 1.85. The fourth-order valence-electron chi connectivity index (χ4n) is 3.47. The molecule has 26 heavy (non-hydrogen) atoms. The highest BCUT2D eigenvalue weighted by molar-refractivity contribution is 5.95. The maximum absolute atomic E-state index is 12.6. The smallest absolute Gasteiger partial charge is 0.228 e. The Morgan fingerprint density at radius 2 is 1.96 bits per heavy atom. The molecule has 2 aliphatic rings. The number of amides is 1. The number of aliphatic hydroxyl groups excluding tert-OH is 1. The number of hydrogen-bond donors (Lipinski definition) is 2. The molecule has 1 aliphatic heterocycles. The van der Waals surface area contributed by atoms with E-state index in [4.69, 9.17) is 14.6 Å². The number of nitrogens with one attached hydrogen (secondary N) is 1. The fourth-order valence-corrected chi connectivity index (χ4v) is 3.47. The van der Waals surface area contributed by atoms with Crippen molar-refractivity contribution in [3.05, 3.63) is 53.6 Å². The number of ether oxygens (including phenoxy) is 2. The monoisotopic (exact) mass is 353 g/mol. The van der Waals surface area contributed by atoms with Gasteiger partial charge in [0.15, 0.2) is 11.5 Å². The highest BCUT2D eigenvalue weighted by atomic mass is 16.6. The van der Waals surface area contributed by atoms with Crippen LogP contribution in [0, 0.1) is 5.92 Å². The van der Waals surface area contributed by atoms with E-state index in [9.17, 15) is 4.79 Å². The molecular formula is C21H23NO4. The molecule has 136 valence electrons. The number of anilines is 1. The molecule has 1 amide bonds. The van der Waals surface area contributed by atoms with Crippen molar-refractivity contribution in [2.24, 2.45) is 5.92 Å². The van der Waals surface area contributed by atoms with Gasteiger partial charge in [0.1, 0.15) is 13.2 Å². The van der Waals surface area contributed by atoms with Gasteiger partial charge < -0.3 is 19.9 Å². The first-order chi connectivity index (χ1) is 12.7. The Kier molecular flexibility index (Phi) is 4.80. The Bertz CT molecular complexity index is 804. The van der Waals surface area contributed by atoms with E-state index < -0.39 is 0 Å². The highest BCUT2D eigenvalue weighted by Gasteiger charge is 2.44. The standard InChI is InChI=1S/C21H23NO4/c23-8-2-4-14-3-1-5-16(11-14)22-21(24)18-13-17(18)15-6-7-19-20(12-15)26-10-9-25-19/h1,3,5-7,11-12,17-18,23H,2,4,8-10,13H2,(H,22,24)/t17-,18+/m0/s1. The summed E-state index contributed by atoms with van der Waals surface area (Å²) in [4.78, 5) is 12.6. The number of rotatable bonds is 6. The lowest BCUT2D eigenvalue weighted by Gasteiger charge is -2.18. The molecule has 0 radical (unpaired) electrons. The first-order valence-electron chi connectivity index (χ1n) is 9.15. The minimum atomic E-state index is -0.00124. The molecule has 1 fully saturated rings. The third-order valence-electron chi connectivity index (χ3n) is 4.94. The normalized spacial score (nSPS) is 20.5. The van der Waals surface area contributed by atoms with Crippen molar-refractivity contribution in [1.29, 1.82) is 0 Å². The summed E-state index contributed by atoms with van der Waals surface area (Å²) < 4.78 is 11.2. The van der Waals surface area contributed by atoms with Crippen LogP contribution in [0.2, 0.25) is 0 Å². The minimum Gasteiger partial charge on any atom is -0.486 e. The first kappa shape index (κ1) is 16.9. The molecule has 4 rings (SSSR count). The van der Waals surface area contributed by atoms with Gasteiger partial charge in [0.25, 0.3) is 0 Å². The average Bonchev–Trinajstić information content (AvgIpc) is 3.47. The maximum atomic E-state index is 12.6. The van der Waals surface area contributed by atoms with Gasteiger partial charge in [-0.05, 0) is 60.6 Å². The molecule has 2 N–H and O–H groups in total. The Balaban J connectivity index is 1.38. The summed E-state index contributed by atoms with van der Waals surface area (Å²) in [6.07, 6.45) is 2.39. The van der Waals surface area contributed by atoms with Crippen LogP contribution in [0.15, 0.2) is 42.5 Å². The first-order valence-corrected chi connectivity index (χ1v) is 9.15. The largest absolute Gasteiger partial charge is 0.486 e. The van der Waals surface area contributed by atoms with Crippen LogP contribution in [-0.4, -0.2) is 30.8 Å². The number of carbonyl (C=O) groups is 1. The lowest BCUT2D eigenvalue weighted by Crippen LogP contribution is -2.16. The van der Waals surface area contributed by atoms with E-state index >= 15 is 0 Å². The molecule has 0 spiro atoms. The zero-order valence-electron chi connectivity index (χ0n) is 14.6. The number of aryl methyl sites for hydroxylation is 1. The van der Waals surface area contributed by atoms with E-state index in [1.165, 1.54) is 0 Å². The van der Waals surface area contributed by atoms with Gasteiger partial charge in [-0.2, -0.15) is 0 Å². The molecule has 0 aromatic heterocycles. The van der Waals surface area contributed by atoms with E-state index in [-0.39, 0.29) is 24.3 Å². The van der Waals surface area contributed by atoms with Crippen LogP contribution in [0.4, 0.5) is 5.69 Å². The summed E-state index contributed by atoms with van der Waals surface area (Å²) >= 11 is 0. The third-order valence-corrected chi connectivity index (χ3v) is 4.94. The number of aliphatic hydroxyl groups is 1. The van der Waals surface area contributed by atoms with Gasteiger partial charge in [-0.3, -0.25) is 4.79 Å². The summed E-state index contributed by atoms with van der Waals surface area (Å²) in [5.41, 5.74) is 3.07. The molecule has 1 heterocycles. The number of carbonyl (C=O) groups excluding carboxylic acids is 1. The van der Waals surface area contributed by atoms with Gasteiger partial charge in [-0.1, -0.05) is 18.2 Å². The second kappa shape index (κ2) is 7.38. The van der Waals surface area contributed by atoms with Gasteiger partial charge in [-0.15, -0.1) is 0 Å². The van der Waals surface area contributed by atoms with Gasteiger partial charge in [0.2, 0.25) is 5.91 Å². The minimum absolute atomic E-state index is 0.00124. The second-order valence-electron chi connectivity index (χ2n) is 6.87. The van der Waals surface area contributed by atoms with Crippen LogP contribution in [-0.2, 0) is 11.2 Å². The molecule has 0 saturated heterocycles. The molecule has 5 heteroatoms. The molecule has 1 aliphatic carbocycles. The molecular weight excluding hydrogens is 330 g/mol. The summed E-state index contributed by atoms with van der Waals surface area (Å²) in [7, 11) is 0. The molecule has 1 saturated carbocycles. The zero-order chi connectivity index (χ0) is 17.9. The fraction of sp³-hybridized carbons (Fsp3) is 0.381. The third kappa shape index (κ3) is 3.68. The topological polar surface area (TPSA) is 67.8 Å². The Morgan fingerprint density at radius 3 is 2.81 bits per heavy atom. The van der Waals surface area contributed by atoms with Crippen LogP contribution in [0.25, 0.3) is 0 Å². The van der Waals surface area contributed by atoms with Gasteiger partial charge in [-0.25, -0.2) is 0 Å². The van der Waals surface area contributed by atoms with Crippen LogP contribution in [0.5, 0.6) is 11.5 Å². The SMILES string of the molecule is O=C(Nc1cccc(CCCO)c1)[C@@H]1C[C@H]1c1ccc2c(c1)OCCO2. The zero-order valence-corrected chi connectivity index (χ0v) is 14.6. The van der Waals surface area contributed by atoms with Crippen molar-refractivity contribution >= 4 is 11.6 Å². The predicted octanol–water partition coefficient (Wildman–Crippen LogP) is 3.12. The highest BCUT2D eigenvalue weighted by Crippen LogP contribution is 2.49. The predicted molar refractivity (Wildman–Crippen MR) is 98.8 cm³/mol. The van der Waals surface area contributed by atoms with Crippen molar-refractivity contribution in [2.75, 3.05) is 25.1 Å². The number of benzene rings is 2. The van der Waals surface area contributed by atoms with Crippen LogP contribution < -0.4 is 14.8 Å². The van der Waals surface area contributed by atoms with Crippen molar-refractivity contribution in [2.45, 2.75) is 25.2 Å². The number of fused-ring (bicyclic) bond motifs is 1. The molecule has 0 bridgehead atoms. The summed E-state index contributed by atoms with van der Waals surface area (Å²) in [6.45, 7) is 1.33. The van der Waals surface area contributed by atoms with Gasteiger partial charge in [0, 0.05) is 18.2 Å². The Morgan fingerprint density at radius 1 is 1.12 bits per heavy atom.